The van der Waals surface area contributed by atoms with Crippen molar-refractivity contribution in [3.63, 3.8) is 0 Å². The van der Waals surface area contributed by atoms with Crippen LogP contribution in [0.2, 0.25) is 0 Å². The van der Waals surface area contributed by atoms with Crippen molar-refractivity contribution < 1.29 is 14.3 Å². The molecule has 0 saturated carbocycles. The fraction of sp³-hybridized carbons (Fsp3) is 0.211. The smallest absolute Gasteiger partial charge is 0.273 e. The molecule has 0 unspecified atom stereocenters. The predicted octanol–water partition coefficient (Wildman–Crippen LogP) is 3.39. The van der Waals surface area contributed by atoms with Gasteiger partial charge in [-0.05, 0) is 35.7 Å². The Hall–Kier alpha value is -2.66. The number of hydrogen-bond acceptors (Lipinski definition) is 4. The monoisotopic (exact) mass is 356 g/mol. The quantitative estimate of drug-likeness (QED) is 0.744. The van der Waals surface area contributed by atoms with E-state index in [1.54, 1.807) is 48.8 Å². The summed E-state index contributed by atoms with van der Waals surface area (Å²) in [6.45, 7) is 2.79. The summed E-state index contributed by atoms with van der Waals surface area (Å²) in [6.07, 6.45) is 4.16. The lowest BCUT2D eigenvalue weighted by Crippen LogP contribution is -2.30. The number of halogens is 1. The van der Waals surface area contributed by atoms with Crippen molar-refractivity contribution in [1.29, 1.82) is 0 Å². The first kappa shape index (κ1) is 17.2. The van der Waals surface area contributed by atoms with Crippen molar-refractivity contribution in [2.24, 2.45) is 0 Å². The van der Waals surface area contributed by atoms with Gasteiger partial charge in [0.15, 0.2) is 0 Å². The van der Waals surface area contributed by atoms with Gasteiger partial charge >= 0.3 is 0 Å². The molecule has 2 amide bonds. The van der Waals surface area contributed by atoms with Gasteiger partial charge in [-0.2, -0.15) is 0 Å². The molecule has 1 aliphatic rings. The molecular weight excluding hydrogens is 340 g/mol. The molecule has 0 spiro atoms. The minimum absolute atomic E-state index is 0.0592. The van der Waals surface area contributed by atoms with Gasteiger partial charge in [0.2, 0.25) is 0 Å². The summed E-state index contributed by atoms with van der Waals surface area (Å²) in [6, 6.07) is 10.6. The molecule has 128 valence electrons. The minimum atomic E-state index is -0.489. The molecule has 0 radical (unpaired) electrons. The first-order valence-electron chi connectivity index (χ1n) is 8.00. The molecule has 1 aromatic heterocycles. The molecule has 5 nitrogen and oxygen atoms in total. The first-order chi connectivity index (χ1) is 12.1. The number of pyridine rings is 1. The first-order valence-corrected chi connectivity index (χ1v) is 8.37. The number of aromatic nitrogens is 1. The number of imide groups is 1. The van der Waals surface area contributed by atoms with Gasteiger partial charge in [0.05, 0.1) is 18.7 Å². The second-order valence-corrected chi connectivity index (χ2v) is 6.00. The van der Waals surface area contributed by atoms with Gasteiger partial charge in [0.25, 0.3) is 11.8 Å². The molecule has 0 bridgehead atoms. The van der Waals surface area contributed by atoms with Crippen LogP contribution in [0.1, 0.15) is 24.5 Å². The van der Waals surface area contributed by atoms with E-state index >= 15 is 0 Å². The van der Waals surface area contributed by atoms with Crippen molar-refractivity contribution in [2.75, 3.05) is 6.61 Å². The van der Waals surface area contributed by atoms with Crippen LogP contribution in [0.15, 0.2) is 53.8 Å². The van der Waals surface area contributed by atoms with E-state index in [2.05, 4.69) is 4.98 Å². The molecule has 0 N–H and O–H groups in total. The summed E-state index contributed by atoms with van der Waals surface area (Å²) in [5.41, 5.74) is 1.58. The van der Waals surface area contributed by atoms with E-state index in [0.717, 1.165) is 16.9 Å². The van der Waals surface area contributed by atoms with Crippen LogP contribution in [-0.2, 0) is 16.1 Å². The number of ether oxygens (including phenoxy) is 1. The summed E-state index contributed by atoms with van der Waals surface area (Å²) in [5.74, 6) is -0.177. The zero-order valence-corrected chi connectivity index (χ0v) is 14.5. The molecule has 0 fully saturated rings. The lowest BCUT2D eigenvalue weighted by Gasteiger charge is -2.14. The molecule has 1 aliphatic heterocycles. The molecule has 25 heavy (non-hydrogen) atoms. The Morgan fingerprint density at radius 3 is 2.52 bits per heavy atom. The highest BCUT2D eigenvalue weighted by atomic mass is 35.5. The molecule has 3 rings (SSSR count). The third-order valence-electron chi connectivity index (χ3n) is 3.79. The van der Waals surface area contributed by atoms with Crippen molar-refractivity contribution in [2.45, 2.75) is 19.9 Å². The van der Waals surface area contributed by atoms with Gasteiger partial charge < -0.3 is 4.74 Å². The Kier molecular flexibility index (Phi) is 5.14. The van der Waals surface area contributed by atoms with Gasteiger partial charge in [0, 0.05) is 12.4 Å². The second kappa shape index (κ2) is 7.49. The van der Waals surface area contributed by atoms with Gasteiger partial charge in [-0.15, -0.1) is 0 Å². The maximum Gasteiger partial charge on any atom is 0.273 e. The van der Waals surface area contributed by atoms with Crippen molar-refractivity contribution in [3.05, 3.63) is 65.0 Å². The fourth-order valence-electron chi connectivity index (χ4n) is 2.55. The van der Waals surface area contributed by atoms with Gasteiger partial charge in [-0.1, -0.05) is 36.7 Å². The van der Waals surface area contributed by atoms with Crippen LogP contribution in [0.3, 0.4) is 0 Å². The zero-order valence-electron chi connectivity index (χ0n) is 13.7. The number of carbonyl (C=O) groups is 2. The maximum absolute atomic E-state index is 12.7. The van der Waals surface area contributed by atoms with Crippen LogP contribution in [0, 0.1) is 0 Å². The molecule has 0 atom stereocenters. The fourth-order valence-corrected chi connectivity index (χ4v) is 2.84. The van der Waals surface area contributed by atoms with Gasteiger partial charge in [0.1, 0.15) is 10.8 Å². The summed E-state index contributed by atoms with van der Waals surface area (Å²) < 4.78 is 5.53. The van der Waals surface area contributed by atoms with E-state index in [1.807, 2.05) is 6.92 Å². The molecule has 0 saturated heterocycles. The van der Waals surface area contributed by atoms with E-state index in [4.69, 9.17) is 16.3 Å². The summed E-state index contributed by atoms with van der Waals surface area (Å²) >= 11 is 6.16. The van der Waals surface area contributed by atoms with E-state index in [1.165, 1.54) is 0 Å². The van der Waals surface area contributed by atoms with E-state index in [9.17, 15) is 9.59 Å². The molecular formula is C19H17ClN2O3. The highest BCUT2D eigenvalue weighted by Crippen LogP contribution is 2.33. The minimum Gasteiger partial charge on any atom is -0.494 e. The van der Waals surface area contributed by atoms with Crippen molar-refractivity contribution in [3.8, 4) is 5.75 Å². The van der Waals surface area contributed by atoms with Gasteiger partial charge in [-0.25, -0.2) is 0 Å². The number of benzene rings is 1. The number of amides is 2. The standard InChI is InChI=1S/C19H17ClN2O3/c1-2-10-25-15-7-5-14(6-8-15)16-17(20)19(24)22(18(16)23)12-13-4-3-9-21-11-13/h3-9,11H,2,10,12H2,1H3. The lowest BCUT2D eigenvalue weighted by atomic mass is 10.1. The number of rotatable bonds is 6. The van der Waals surface area contributed by atoms with Crippen LogP contribution in [-0.4, -0.2) is 28.3 Å². The molecule has 2 heterocycles. The second-order valence-electron chi connectivity index (χ2n) is 5.62. The molecule has 0 aliphatic carbocycles. The number of nitrogens with zero attached hydrogens (tertiary/aromatic N) is 2. The van der Waals surface area contributed by atoms with Crippen LogP contribution in [0.25, 0.3) is 5.57 Å². The van der Waals surface area contributed by atoms with Crippen LogP contribution in [0.4, 0.5) is 0 Å². The summed E-state index contributed by atoms with van der Waals surface area (Å²) in [4.78, 5) is 30.2. The van der Waals surface area contributed by atoms with Crippen LogP contribution >= 0.6 is 11.6 Å². The Morgan fingerprint density at radius 2 is 1.88 bits per heavy atom. The highest BCUT2D eigenvalue weighted by Gasteiger charge is 2.38. The predicted molar refractivity (Wildman–Crippen MR) is 94.8 cm³/mol. The summed E-state index contributed by atoms with van der Waals surface area (Å²) in [5, 5.41) is -0.0592. The molecule has 1 aromatic carbocycles. The van der Waals surface area contributed by atoms with E-state index in [0.29, 0.717) is 17.9 Å². The van der Waals surface area contributed by atoms with E-state index in [-0.39, 0.29) is 17.2 Å². The Labute approximate surface area is 150 Å². The van der Waals surface area contributed by atoms with Crippen molar-refractivity contribution >= 4 is 29.0 Å². The Morgan fingerprint density at radius 1 is 1.12 bits per heavy atom. The van der Waals surface area contributed by atoms with Crippen LogP contribution < -0.4 is 4.74 Å². The summed E-state index contributed by atoms with van der Waals surface area (Å²) in [7, 11) is 0. The number of carbonyl (C=O) groups excluding carboxylic acids is 2. The zero-order chi connectivity index (χ0) is 17.8. The maximum atomic E-state index is 12.7. The normalized spacial score (nSPS) is 14.4. The third-order valence-corrected chi connectivity index (χ3v) is 4.14. The Balaban J connectivity index is 1.82. The lowest BCUT2D eigenvalue weighted by molar-refractivity contribution is -0.137. The average Bonchev–Trinajstić information content (AvgIpc) is 2.85. The van der Waals surface area contributed by atoms with Crippen LogP contribution in [0.5, 0.6) is 5.75 Å². The van der Waals surface area contributed by atoms with E-state index < -0.39 is 11.8 Å². The topological polar surface area (TPSA) is 59.5 Å². The SMILES string of the molecule is CCCOc1ccc(C2=C(Cl)C(=O)N(Cc3cccnc3)C2=O)cc1. The largest absolute Gasteiger partial charge is 0.494 e. The number of hydrogen-bond donors (Lipinski definition) is 0. The highest BCUT2D eigenvalue weighted by molar-refractivity contribution is 6.55. The van der Waals surface area contributed by atoms with Gasteiger partial charge in [-0.3, -0.25) is 19.5 Å². The molecule has 6 heteroatoms. The van der Waals surface area contributed by atoms with Crippen molar-refractivity contribution in [1.82, 2.24) is 9.88 Å². The average molecular weight is 357 g/mol. The third kappa shape index (κ3) is 3.56. The molecule has 2 aromatic rings. The Bertz CT molecular complexity index is 816.